The summed E-state index contributed by atoms with van der Waals surface area (Å²) in [5.41, 5.74) is 0. The van der Waals surface area contributed by atoms with E-state index >= 15 is 0 Å². The molecular formula is C25H50O4. The molecule has 0 N–H and O–H groups in total. The molecule has 0 unspecified atom stereocenters. The summed E-state index contributed by atoms with van der Waals surface area (Å²) in [5, 5.41) is 0. The average molecular weight is 415 g/mol. The van der Waals surface area contributed by atoms with Crippen LogP contribution in [0.3, 0.4) is 0 Å². The number of unbranched alkanes of at least 4 members (excludes halogenated alkanes) is 10. The smallest absolute Gasteiger partial charge is 0.188 e. The van der Waals surface area contributed by atoms with Gasteiger partial charge in [0.05, 0.1) is 12.9 Å². The molecule has 0 spiro atoms. The highest BCUT2D eigenvalue weighted by Gasteiger charge is 2.08. The Morgan fingerprint density at radius 3 is 1.90 bits per heavy atom. The Morgan fingerprint density at radius 1 is 0.621 bits per heavy atom. The molecule has 29 heavy (non-hydrogen) atoms. The first-order chi connectivity index (χ1) is 14.3. The third-order valence-electron chi connectivity index (χ3n) is 4.90. The molecule has 0 heterocycles. The molecule has 4 heteroatoms. The van der Waals surface area contributed by atoms with Gasteiger partial charge in [0.15, 0.2) is 13.1 Å². The second-order valence-corrected chi connectivity index (χ2v) is 7.85. The predicted octanol–water partition coefficient (Wildman–Crippen LogP) is 7.76. The van der Waals surface area contributed by atoms with Crippen molar-refractivity contribution in [1.82, 2.24) is 0 Å². The van der Waals surface area contributed by atoms with Crippen LogP contribution in [0.5, 0.6) is 0 Å². The number of ether oxygens (including phenoxy) is 4. The van der Waals surface area contributed by atoms with E-state index in [1.807, 2.05) is 0 Å². The Hall–Kier alpha value is -0.580. The SMILES string of the molecule is CCCCCCCCCOCOC=CCCCCC(OCCCC)OCCCC. The van der Waals surface area contributed by atoms with Gasteiger partial charge in [0.2, 0.25) is 0 Å². The van der Waals surface area contributed by atoms with Crippen LogP contribution < -0.4 is 0 Å². The Morgan fingerprint density at radius 2 is 1.24 bits per heavy atom. The van der Waals surface area contributed by atoms with Gasteiger partial charge in [-0.1, -0.05) is 72.1 Å². The summed E-state index contributed by atoms with van der Waals surface area (Å²) < 4.78 is 22.7. The van der Waals surface area contributed by atoms with Gasteiger partial charge in [0.1, 0.15) is 0 Å². The van der Waals surface area contributed by atoms with Crippen molar-refractivity contribution in [2.75, 3.05) is 26.6 Å². The highest BCUT2D eigenvalue weighted by molar-refractivity contribution is 4.72. The van der Waals surface area contributed by atoms with Crippen LogP contribution in [0.4, 0.5) is 0 Å². The van der Waals surface area contributed by atoms with Crippen molar-refractivity contribution in [2.24, 2.45) is 0 Å². The molecule has 4 nitrogen and oxygen atoms in total. The Balaban J connectivity index is 3.46. The minimum absolute atomic E-state index is 0.0339. The highest BCUT2D eigenvalue weighted by atomic mass is 16.7. The second kappa shape index (κ2) is 25.5. The van der Waals surface area contributed by atoms with Gasteiger partial charge in [-0.15, -0.1) is 0 Å². The van der Waals surface area contributed by atoms with Crippen molar-refractivity contribution >= 4 is 0 Å². The number of allylic oxidation sites excluding steroid dienone is 1. The highest BCUT2D eigenvalue weighted by Crippen LogP contribution is 2.11. The maximum absolute atomic E-state index is 5.87. The van der Waals surface area contributed by atoms with E-state index in [-0.39, 0.29) is 6.29 Å². The van der Waals surface area contributed by atoms with Gasteiger partial charge in [-0.25, -0.2) is 0 Å². The Bertz CT molecular complexity index is 310. The van der Waals surface area contributed by atoms with Gasteiger partial charge in [-0.2, -0.15) is 0 Å². The number of hydrogen-bond donors (Lipinski definition) is 0. The van der Waals surface area contributed by atoms with Crippen LogP contribution in [0.15, 0.2) is 12.3 Å². The van der Waals surface area contributed by atoms with Crippen molar-refractivity contribution in [2.45, 2.75) is 123 Å². The van der Waals surface area contributed by atoms with Gasteiger partial charge < -0.3 is 18.9 Å². The number of hydrogen-bond acceptors (Lipinski definition) is 4. The molecule has 0 aliphatic heterocycles. The van der Waals surface area contributed by atoms with Crippen LogP contribution in [-0.2, 0) is 18.9 Å². The average Bonchev–Trinajstić information content (AvgIpc) is 2.73. The van der Waals surface area contributed by atoms with Crippen LogP contribution in [0.1, 0.15) is 117 Å². The molecule has 0 rings (SSSR count). The first kappa shape index (κ1) is 28.4. The zero-order valence-corrected chi connectivity index (χ0v) is 19.8. The van der Waals surface area contributed by atoms with Gasteiger partial charge >= 0.3 is 0 Å². The molecule has 174 valence electrons. The fourth-order valence-corrected chi connectivity index (χ4v) is 2.95. The normalized spacial score (nSPS) is 11.7. The maximum Gasteiger partial charge on any atom is 0.188 e. The van der Waals surface area contributed by atoms with E-state index in [1.54, 1.807) is 6.26 Å². The van der Waals surface area contributed by atoms with Gasteiger partial charge in [0, 0.05) is 13.2 Å². The van der Waals surface area contributed by atoms with Gasteiger partial charge in [0.25, 0.3) is 0 Å². The molecule has 0 bridgehead atoms. The topological polar surface area (TPSA) is 36.9 Å². The summed E-state index contributed by atoms with van der Waals surface area (Å²) in [6, 6.07) is 0. The van der Waals surface area contributed by atoms with E-state index in [9.17, 15) is 0 Å². The Labute approximate surface area is 181 Å². The summed E-state index contributed by atoms with van der Waals surface area (Å²) in [6.07, 6.45) is 21.8. The first-order valence-corrected chi connectivity index (χ1v) is 12.4. The predicted molar refractivity (Wildman–Crippen MR) is 123 cm³/mol. The fraction of sp³-hybridized carbons (Fsp3) is 0.920. The first-order valence-electron chi connectivity index (χ1n) is 12.4. The van der Waals surface area contributed by atoms with Crippen molar-refractivity contribution in [3.63, 3.8) is 0 Å². The summed E-state index contributed by atoms with van der Waals surface area (Å²) in [5.74, 6) is 0. The molecule has 0 saturated carbocycles. The minimum atomic E-state index is -0.0339. The second-order valence-electron chi connectivity index (χ2n) is 7.85. The van der Waals surface area contributed by atoms with Crippen LogP contribution in [0.2, 0.25) is 0 Å². The van der Waals surface area contributed by atoms with Crippen LogP contribution in [0, 0.1) is 0 Å². The summed E-state index contributed by atoms with van der Waals surface area (Å²) in [6.45, 7) is 9.41. The minimum Gasteiger partial charge on any atom is -0.475 e. The third kappa shape index (κ3) is 23.6. The monoisotopic (exact) mass is 414 g/mol. The van der Waals surface area contributed by atoms with Gasteiger partial charge in [-0.3, -0.25) is 0 Å². The lowest BCUT2D eigenvalue weighted by Gasteiger charge is -2.18. The molecule has 0 saturated heterocycles. The van der Waals surface area contributed by atoms with Crippen molar-refractivity contribution in [3.8, 4) is 0 Å². The molecule has 0 aliphatic carbocycles. The lowest BCUT2D eigenvalue weighted by Crippen LogP contribution is -2.18. The molecule has 0 amide bonds. The summed E-state index contributed by atoms with van der Waals surface area (Å²) >= 11 is 0. The lowest BCUT2D eigenvalue weighted by atomic mass is 10.1. The van der Waals surface area contributed by atoms with E-state index in [0.717, 1.165) is 77.6 Å². The Kier molecular flexibility index (Phi) is 24.9. The van der Waals surface area contributed by atoms with Gasteiger partial charge in [-0.05, 0) is 51.0 Å². The van der Waals surface area contributed by atoms with E-state index in [0.29, 0.717) is 6.79 Å². The van der Waals surface area contributed by atoms with E-state index in [2.05, 4.69) is 26.8 Å². The molecular weight excluding hydrogens is 364 g/mol. The molecule has 0 radical (unpaired) electrons. The largest absolute Gasteiger partial charge is 0.475 e. The molecule has 0 aliphatic rings. The van der Waals surface area contributed by atoms with E-state index < -0.39 is 0 Å². The third-order valence-corrected chi connectivity index (χ3v) is 4.90. The van der Waals surface area contributed by atoms with E-state index in [4.69, 9.17) is 18.9 Å². The van der Waals surface area contributed by atoms with Crippen molar-refractivity contribution in [1.29, 1.82) is 0 Å². The van der Waals surface area contributed by atoms with E-state index in [1.165, 1.54) is 38.5 Å². The molecule has 0 fully saturated rings. The maximum atomic E-state index is 5.87. The molecule has 0 atom stereocenters. The van der Waals surface area contributed by atoms with Crippen LogP contribution >= 0.6 is 0 Å². The van der Waals surface area contributed by atoms with Crippen LogP contribution in [0.25, 0.3) is 0 Å². The quantitative estimate of drug-likeness (QED) is 0.0918. The fourth-order valence-electron chi connectivity index (χ4n) is 2.95. The van der Waals surface area contributed by atoms with Crippen molar-refractivity contribution in [3.05, 3.63) is 12.3 Å². The molecule has 0 aromatic rings. The summed E-state index contributed by atoms with van der Waals surface area (Å²) in [4.78, 5) is 0. The standard InChI is InChI=1S/C25H50O4/c1-4-7-10-11-12-14-17-20-26-24-27-21-18-15-13-16-19-25(28-22-8-5-2)29-23-9-6-3/h18,21,25H,4-17,19-20,22-24H2,1-3H3. The zero-order chi connectivity index (χ0) is 21.3. The van der Waals surface area contributed by atoms with Crippen LogP contribution in [-0.4, -0.2) is 32.9 Å². The lowest BCUT2D eigenvalue weighted by molar-refractivity contribution is -0.147. The zero-order valence-electron chi connectivity index (χ0n) is 19.8. The number of rotatable bonds is 24. The molecule has 0 aromatic carbocycles. The molecule has 0 aromatic heterocycles. The van der Waals surface area contributed by atoms with Crippen molar-refractivity contribution < 1.29 is 18.9 Å². The summed E-state index contributed by atoms with van der Waals surface area (Å²) in [7, 11) is 0.